The molecule has 1 aliphatic heterocycles. The maximum absolute atomic E-state index is 12.6. The summed E-state index contributed by atoms with van der Waals surface area (Å²) in [6.07, 6.45) is 4.85. The Kier molecular flexibility index (Phi) is 6.94. The van der Waals surface area contributed by atoms with Gasteiger partial charge in [0.1, 0.15) is 0 Å². The van der Waals surface area contributed by atoms with Crippen molar-refractivity contribution in [2.75, 3.05) is 13.1 Å². The smallest absolute Gasteiger partial charge is 0.246 e. The summed E-state index contributed by atoms with van der Waals surface area (Å²) in [7, 11) is 0. The van der Waals surface area contributed by atoms with E-state index in [1.807, 2.05) is 48.2 Å². The van der Waals surface area contributed by atoms with Gasteiger partial charge in [0, 0.05) is 35.3 Å². The number of rotatable bonds is 6. The summed E-state index contributed by atoms with van der Waals surface area (Å²) in [4.78, 5) is 33.6. The Morgan fingerprint density at radius 3 is 2.65 bits per heavy atom. The van der Waals surface area contributed by atoms with Gasteiger partial charge in [0.2, 0.25) is 11.8 Å². The minimum Gasteiger partial charge on any atom is -0.351 e. The summed E-state index contributed by atoms with van der Waals surface area (Å²) in [6, 6.07) is 13.9. The number of aromatic nitrogens is 1. The third-order valence-corrected chi connectivity index (χ3v) is 7.25. The summed E-state index contributed by atoms with van der Waals surface area (Å²) in [5, 5.41) is 6.18. The van der Waals surface area contributed by atoms with Gasteiger partial charge < -0.3 is 10.2 Å². The molecule has 160 valence electrons. The fraction of sp³-hybridized carbons (Fsp3) is 0.292. The molecule has 1 aliphatic rings. The normalized spacial score (nSPS) is 14.8. The molecule has 2 amide bonds. The van der Waals surface area contributed by atoms with Crippen molar-refractivity contribution in [3.8, 4) is 10.6 Å². The number of carbonyl (C=O) groups excluding carboxylic acids is 2. The standard InChI is InChI=1S/C24H25N3O2S2/c1-17-26-21(16-30-17)22-9-8-20(31-22)15-25-24(29)19-11-13-27(14-12-19)23(28)10-7-18-5-3-2-4-6-18/h2-10,16,19H,11-15H2,1H3,(H,25,29). The van der Waals surface area contributed by atoms with Gasteiger partial charge in [-0.2, -0.15) is 0 Å². The predicted octanol–water partition coefficient (Wildman–Crippen LogP) is 4.75. The third kappa shape index (κ3) is 5.68. The van der Waals surface area contributed by atoms with Gasteiger partial charge in [-0.05, 0) is 43.5 Å². The average molecular weight is 452 g/mol. The van der Waals surface area contributed by atoms with E-state index in [0.29, 0.717) is 32.5 Å². The van der Waals surface area contributed by atoms with Crippen LogP contribution in [0.4, 0.5) is 0 Å². The van der Waals surface area contributed by atoms with E-state index in [1.165, 1.54) is 0 Å². The highest BCUT2D eigenvalue weighted by molar-refractivity contribution is 7.16. The quantitative estimate of drug-likeness (QED) is 0.550. The second-order valence-electron chi connectivity index (χ2n) is 7.58. The van der Waals surface area contributed by atoms with Crippen LogP contribution in [0.25, 0.3) is 16.6 Å². The number of hydrogen-bond acceptors (Lipinski definition) is 5. The molecule has 0 aliphatic carbocycles. The number of hydrogen-bond donors (Lipinski definition) is 1. The zero-order chi connectivity index (χ0) is 21.6. The Morgan fingerprint density at radius 1 is 1.16 bits per heavy atom. The van der Waals surface area contributed by atoms with E-state index >= 15 is 0 Å². The molecule has 3 heterocycles. The molecule has 31 heavy (non-hydrogen) atoms. The van der Waals surface area contributed by atoms with Crippen molar-refractivity contribution in [1.29, 1.82) is 0 Å². The number of thiazole rings is 1. The van der Waals surface area contributed by atoms with E-state index in [1.54, 1.807) is 28.7 Å². The van der Waals surface area contributed by atoms with Crippen molar-refractivity contribution in [2.24, 2.45) is 5.92 Å². The molecule has 5 nitrogen and oxygen atoms in total. The van der Waals surface area contributed by atoms with Crippen molar-refractivity contribution >= 4 is 40.6 Å². The first-order chi connectivity index (χ1) is 15.1. The van der Waals surface area contributed by atoms with Crippen LogP contribution in [0.5, 0.6) is 0 Å². The highest BCUT2D eigenvalue weighted by Crippen LogP contribution is 2.29. The molecule has 1 N–H and O–H groups in total. The van der Waals surface area contributed by atoms with Crippen LogP contribution in [-0.4, -0.2) is 34.8 Å². The number of carbonyl (C=O) groups is 2. The fourth-order valence-electron chi connectivity index (χ4n) is 3.60. The summed E-state index contributed by atoms with van der Waals surface area (Å²) >= 11 is 3.31. The minimum atomic E-state index is -0.0391. The SMILES string of the molecule is Cc1nc(-c2ccc(CNC(=O)C3CCN(C(=O)C=Cc4ccccc4)CC3)s2)cs1. The van der Waals surface area contributed by atoms with Crippen LogP contribution < -0.4 is 5.32 Å². The molecule has 0 atom stereocenters. The minimum absolute atomic E-state index is 0.00565. The number of piperidine rings is 1. The third-order valence-electron chi connectivity index (χ3n) is 5.37. The van der Waals surface area contributed by atoms with Crippen LogP contribution >= 0.6 is 22.7 Å². The molecule has 1 aromatic carbocycles. The number of nitrogens with one attached hydrogen (secondary N) is 1. The van der Waals surface area contributed by atoms with E-state index in [2.05, 4.69) is 27.8 Å². The van der Waals surface area contributed by atoms with Crippen LogP contribution in [-0.2, 0) is 16.1 Å². The van der Waals surface area contributed by atoms with Gasteiger partial charge in [0.05, 0.1) is 22.1 Å². The lowest BCUT2D eigenvalue weighted by Gasteiger charge is -2.30. The van der Waals surface area contributed by atoms with E-state index in [9.17, 15) is 9.59 Å². The molecule has 1 saturated heterocycles. The Morgan fingerprint density at radius 2 is 1.94 bits per heavy atom. The van der Waals surface area contributed by atoms with Crippen LogP contribution in [0.3, 0.4) is 0 Å². The predicted molar refractivity (Wildman–Crippen MR) is 127 cm³/mol. The van der Waals surface area contributed by atoms with Gasteiger partial charge in [-0.3, -0.25) is 9.59 Å². The van der Waals surface area contributed by atoms with Gasteiger partial charge >= 0.3 is 0 Å². The van der Waals surface area contributed by atoms with E-state index in [-0.39, 0.29) is 17.7 Å². The monoisotopic (exact) mass is 451 g/mol. The number of likely N-dealkylation sites (tertiary alicyclic amines) is 1. The largest absolute Gasteiger partial charge is 0.351 e. The molecule has 0 bridgehead atoms. The van der Waals surface area contributed by atoms with Gasteiger partial charge in [-0.1, -0.05) is 30.3 Å². The van der Waals surface area contributed by atoms with Gasteiger partial charge in [-0.15, -0.1) is 22.7 Å². The number of benzene rings is 1. The fourth-order valence-corrected chi connectivity index (χ4v) is 5.20. The van der Waals surface area contributed by atoms with E-state index < -0.39 is 0 Å². The Hall–Kier alpha value is -2.77. The van der Waals surface area contributed by atoms with E-state index in [4.69, 9.17) is 0 Å². The second kappa shape index (κ2) is 10.0. The first-order valence-corrected chi connectivity index (χ1v) is 12.1. The molecule has 1 fully saturated rings. The van der Waals surface area contributed by atoms with Crippen molar-refractivity contribution < 1.29 is 9.59 Å². The Labute approximate surface area is 190 Å². The lowest BCUT2D eigenvalue weighted by Crippen LogP contribution is -2.42. The lowest BCUT2D eigenvalue weighted by molar-refractivity contribution is -0.132. The molecular formula is C24H25N3O2S2. The van der Waals surface area contributed by atoms with Gasteiger partial charge in [0.25, 0.3) is 0 Å². The molecular weight excluding hydrogens is 426 g/mol. The highest BCUT2D eigenvalue weighted by atomic mass is 32.1. The molecule has 0 radical (unpaired) electrons. The Bertz CT molecular complexity index is 1060. The maximum atomic E-state index is 12.6. The molecule has 0 spiro atoms. The average Bonchev–Trinajstić information content (AvgIpc) is 3.45. The number of aryl methyl sites for hydroxylation is 1. The summed E-state index contributed by atoms with van der Waals surface area (Å²) < 4.78 is 0. The van der Waals surface area contributed by atoms with Gasteiger partial charge in [-0.25, -0.2) is 4.98 Å². The van der Waals surface area contributed by atoms with Crippen molar-refractivity contribution in [2.45, 2.75) is 26.3 Å². The zero-order valence-electron chi connectivity index (χ0n) is 17.4. The first kappa shape index (κ1) is 21.5. The summed E-state index contributed by atoms with van der Waals surface area (Å²) in [5.41, 5.74) is 2.01. The van der Waals surface area contributed by atoms with E-state index in [0.717, 1.165) is 26.0 Å². The van der Waals surface area contributed by atoms with Crippen LogP contribution in [0.1, 0.15) is 28.3 Å². The molecule has 0 unspecified atom stereocenters. The van der Waals surface area contributed by atoms with Crippen LogP contribution in [0.15, 0.2) is 53.9 Å². The molecule has 0 saturated carbocycles. The number of thiophene rings is 1. The Balaban J connectivity index is 1.23. The maximum Gasteiger partial charge on any atom is 0.246 e. The molecule has 4 rings (SSSR count). The first-order valence-electron chi connectivity index (χ1n) is 10.4. The van der Waals surface area contributed by atoms with Gasteiger partial charge in [0.15, 0.2) is 0 Å². The van der Waals surface area contributed by atoms with Crippen molar-refractivity contribution in [1.82, 2.24) is 15.2 Å². The highest BCUT2D eigenvalue weighted by Gasteiger charge is 2.26. The molecule has 2 aromatic heterocycles. The lowest BCUT2D eigenvalue weighted by atomic mass is 9.96. The molecule has 7 heteroatoms. The van der Waals surface area contributed by atoms with Crippen LogP contribution in [0.2, 0.25) is 0 Å². The van der Waals surface area contributed by atoms with Crippen molar-refractivity contribution in [3.05, 3.63) is 69.4 Å². The van der Waals surface area contributed by atoms with Crippen LogP contribution in [0, 0.1) is 12.8 Å². The zero-order valence-corrected chi connectivity index (χ0v) is 19.0. The van der Waals surface area contributed by atoms with Crippen molar-refractivity contribution in [3.63, 3.8) is 0 Å². The second-order valence-corrected chi connectivity index (χ2v) is 9.81. The molecule has 3 aromatic rings. The number of amides is 2. The number of nitrogens with zero attached hydrogens (tertiary/aromatic N) is 2. The summed E-state index contributed by atoms with van der Waals surface area (Å²) in [5.74, 6) is 0.0419. The topological polar surface area (TPSA) is 62.3 Å². The summed E-state index contributed by atoms with van der Waals surface area (Å²) in [6.45, 7) is 3.76.